The second kappa shape index (κ2) is 4.42. The van der Waals surface area contributed by atoms with Crippen molar-refractivity contribution in [2.75, 3.05) is 0 Å². The fraction of sp³-hybridized carbons (Fsp3) is 0.300. The van der Waals surface area contributed by atoms with E-state index in [0.29, 0.717) is 5.75 Å². The van der Waals surface area contributed by atoms with Crippen LogP contribution in [0.2, 0.25) is 0 Å². The molecular formula is C10H11BrO2. The van der Waals surface area contributed by atoms with Gasteiger partial charge >= 0.3 is 5.97 Å². The first-order valence-corrected chi connectivity index (χ1v) is 4.93. The molecule has 0 aromatic heterocycles. The molecule has 0 spiro atoms. The van der Waals surface area contributed by atoms with Gasteiger partial charge in [-0.3, -0.25) is 4.79 Å². The number of aryl methyl sites for hydroxylation is 1. The molecule has 2 nitrogen and oxygen atoms in total. The normalized spacial score (nSPS) is 12.2. The third kappa shape index (κ3) is 3.19. The quantitative estimate of drug-likeness (QED) is 0.453. The Bertz CT molecular complexity index is 308. The highest BCUT2D eigenvalue weighted by molar-refractivity contribution is 9.10. The van der Waals surface area contributed by atoms with Crippen molar-refractivity contribution in [2.45, 2.75) is 18.7 Å². The van der Waals surface area contributed by atoms with Crippen LogP contribution in [0.5, 0.6) is 5.75 Å². The molecule has 1 aromatic rings. The summed E-state index contributed by atoms with van der Waals surface area (Å²) in [4.78, 5) is 10.9. The van der Waals surface area contributed by atoms with Crippen molar-refractivity contribution in [3.63, 3.8) is 0 Å². The molecular weight excluding hydrogens is 232 g/mol. The Morgan fingerprint density at radius 2 is 2.23 bits per heavy atom. The van der Waals surface area contributed by atoms with E-state index in [0.717, 1.165) is 5.56 Å². The lowest BCUT2D eigenvalue weighted by Gasteiger charge is -2.05. The molecule has 0 aliphatic heterocycles. The highest BCUT2D eigenvalue weighted by Crippen LogP contribution is 2.14. The Labute approximate surface area is 86.0 Å². The van der Waals surface area contributed by atoms with Crippen LogP contribution in [-0.4, -0.2) is 10.8 Å². The third-order valence-corrected chi connectivity index (χ3v) is 1.91. The van der Waals surface area contributed by atoms with Gasteiger partial charge in [0.25, 0.3) is 0 Å². The van der Waals surface area contributed by atoms with E-state index < -0.39 is 0 Å². The van der Waals surface area contributed by atoms with E-state index in [9.17, 15) is 4.79 Å². The molecule has 0 saturated heterocycles. The second-order valence-corrected chi connectivity index (χ2v) is 4.23. The second-order valence-electron chi connectivity index (χ2n) is 2.85. The van der Waals surface area contributed by atoms with Gasteiger partial charge in [0.15, 0.2) is 0 Å². The van der Waals surface area contributed by atoms with Crippen LogP contribution < -0.4 is 4.74 Å². The van der Waals surface area contributed by atoms with Gasteiger partial charge in [-0.2, -0.15) is 0 Å². The van der Waals surface area contributed by atoms with Crippen molar-refractivity contribution >= 4 is 21.9 Å². The van der Waals surface area contributed by atoms with Gasteiger partial charge in [0, 0.05) is 0 Å². The fourth-order valence-electron chi connectivity index (χ4n) is 0.876. The Kier molecular flexibility index (Phi) is 3.48. The lowest BCUT2D eigenvalue weighted by atomic mass is 10.2. The molecule has 0 aliphatic rings. The maximum absolute atomic E-state index is 11.2. The molecule has 0 saturated carbocycles. The summed E-state index contributed by atoms with van der Waals surface area (Å²) in [7, 11) is 0. The predicted octanol–water partition coefficient (Wildman–Crippen LogP) is 2.68. The zero-order chi connectivity index (χ0) is 9.84. The number of hydrogen-bond acceptors (Lipinski definition) is 2. The average molecular weight is 243 g/mol. The summed E-state index contributed by atoms with van der Waals surface area (Å²) in [5.74, 6) is 0.321. The van der Waals surface area contributed by atoms with Crippen LogP contribution in [0.1, 0.15) is 12.5 Å². The number of rotatable bonds is 2. The van der Waals surface area contributed by atoms with Crippen LogP contribution in [0.15, 0.2) is 24.3 Å². The summed E-state index contributed by atoms with van der Waals surface area (Å²) in [5, 5.41) is 0. The molecule has 13 heavy (non-hydrogen) atoms. The molecule has 1 rings (SSSR count). The molecule has 70 valence electrons. The number of benzene rings is 1. The highest BCUT2D eigenvalue weighted by atomic mass is 79.9. The minimum absolute atomic E-state index is 0.270. The molecule has 0 N–H and O–H groups in total. The lowest BCUT2D eigenvalue weighted by molar-refractivity contribution is -0.133. The molecule has 0 fully saturated rings. The number of ether oxygens (including phenoxy) is 1. The van der Waals surface area contributed by atoms with Crippen molar-refractivity contribution in [3.05, 3.63) is 29.8 Å². The summed E-state index contributed by atoms with van der Waals surface area (Å²) in [5.41, 5.74) is 1.08. The van der Waals surface area contributed by atoms with Gasteiger partial charge in [0.2, 0.25) is 0 Å². The van der Waals surface area contributed by atoms with E-state index in [-0.39, 0.29) is 10.8 Å². The van der Waals surface area contributed by atoms with Crippen molar-refractivity contribution < 1.29 is 9.53 Å². The number of carbonyl (C=O) groups is 1. The first-order chi connectivity index (χ1) is 6.09. The van der Waals surface area contributed by atoms with Gasteiger partial charge in [0.1, 0.15) is 10.6 Å². The molecule has 1 aromatic carbocycles. The Hall–Kier alpha value is -0.830. The largest absolute Gasteiger partial charge is 0.426 e. The zero-order valence-corrected chi connectivity index (χ0v) is 9.17. The highest BCUT2D eigenvalue weighted by Gasteiger charge is 2.10. The van der Waals surface area contributed by atoms with Crippen LogP contribution in [0.4, 0.5) is 0 Å². The summed E-state index contributed by atoms with van der Waals surface area (Å²) in [6.45, 7) is 3.69. The monoisotopic (exact) mass is 242 g/mol. The van der Waals surface area contributed by atoms with Gasteiger partial charge in [-0.05, 0) is 31.5 Å². The lowest BCUT2D eigenvalue weighted by Crippen LogP contribution is -2.16. The van der Waals surface area contributed by atoms with Gasteiger partial charge in [-0.15, -0.1) is 0 Å². The minimum atomic E-state index is -0.273. The van der Waals surface area contributed by atoms with Gasteiger partial charge < -0.3 is 4.74 Å². The maximum atomic E-state index is 11.2. The molecule has 0 heterocycles. The van der Waals surface area contributed by atoms with Gasteiger partial charge in [-0.25, -0.2) is 0 Å². The van der Waals surface area contributed by atoms with E-state index in [2.05, 4.69) is 15.9 Å². The molecule has 0 radical (unpaired) electrons. The van der Waals surface area contributed by atoms with E-state index in [1.807, 2.05) is 25.1 Å². The Morgan fingerprint density at radius 1 is 1.54 bits per heavy atom. The van der Waals surface area contributed by atoms with Crippen LogP contribution in [0, 0.1) is 6.92 Å². The predicted molar refractivity (Wildman–Crippen MR) is 55.2 cm³/mol. The van der Waals surface area contributed by atoms with Crippen LogP contribution >= 0.6 is 15.9 Å². The van der Waals surface area contributed by atoms with Crippen LogP contribution in [0.3, 0.4) is 0 Å². The smallest absolute Gasteiger partial charge is 0.324 e. The number of alkyl halides is 1. The summed E-state index contributed by atoms with van der Waals surface area (Å²) in [6, 6.07) is 7.40. The van der Waals surface area contributed by atoms with Crippen molar-refractivity contribution in [3.8, 4) is 5.75 Å². The number of halogens is 1. The van der Waals surface area contributed by atoms with Gasteiger partial charge in [-0.1, -0.05) is 28.1 Å². The van der Waals surface area contributed by atoms with E-state index in [1.165, 1.54) is 0 Å². The zero-order valence-electron chi connectivity index (χ0n) is 7.58. The topological polar surface area (TPSA) is 26.3 Å². The summed E-state index contributed by atoms with van der Waals surface area (Å²) in [6.07, 6.45) is 0. The minimum Gasteiger partial charge on any atom is -0.426 e. The third-order valence-electron chi connectivity index (χ3n) is 1.53. The first-order valence-electron chi connectivity index (χ1n) is 4.02. The summed E-state index contributed by atoms with van der Waals surface area (Å²) >= 11 is 3.14. The Morgan fingerprint density at radius 3 is 2.77 bits per heavy atom. The van der Waals surface area contributed by atoms with Crippen LogP contribution in [0.25, 0.3) is 0 Å². The van der Waals surface area contributed by atoms with Gasteiger partial charge in [0.05, 0.1) is 0 Å². The first kappa shape index (κ1) is 10.3. The van der Waals surface area contributed by atoms with Crippen LogP contribution in [-0.2, 0) is 4.79 Å². The van der Waals surface area contributed by atoms with Crippen molar-refractivity contribution in [1.29, 1.82) is 0 Å². The molecule has 3 heteroatoms. The average Bonchev–Trinajstić information content (AvgIpc) is 2.04. The SMILES string of the molecule is Cc1cccc(OC(=O)C(C)Br)c1. The standard InChI is InChI=1S/C10H11BrO2/c1-7-4-3-5-9(6-7)13-10(12)8(2)11/h3-6,8H,1-2H3. The molecule has 0 amide bonds. The van der Waals surface area contributed by atoms with Crippen molar-refractivity contribution in [1.82, 2.24) is 0 Å². The van der Waals surface area contributed by atoms with E-state index in [4.69, 9.17) is 4.74 Å². The molecule has 0 bridgehead atoms. The fourth-order valence-corrected chi connectivity index (χ4v) is 0.970. The molecule has 1 unspecified atom stereocenters. The van der Waals surface area contributed by atoms with Crippen molar-refractivity contribution in [2.24, 2.45) is 0 Å². The number of hydrogen-bond donors (Lipinski definition) is 0. The Balaban J connectivity index is 2.69. The van der Waals surface area contributed by atoms with E-state index >= 15 is 0 Å². The maximum Gasteiger partial charge on any atom is 0.324 e. The van der Waals surface area contributed by atoms with E-state index in [1.54, 1.807) is 13.0 Å². The molecule has 0 aliphatic carbocycles. The number of carbonyl (C=O) groups excluding carboxylic acids is 1. The summed E-state index contributed by atoms with van der Waals surface area (Å²) < 4.78 is 5.07. The molecule has 1 atom stereocenters. The number of esters is 1.